The fourth-order valence-corrected chi connectivity index (χ4v) is 5.43. The third kappa shape index (κ3) is 5.25. The van der Waals surface area contributed by atoms with Crippen molar-refractivity contribution >= 4 is 62.3 Å². The van der Waals surface area contributed by atoms with Gasteiger partial charge in [-0.2, -0.15) is 0 Å². The molecule has 1 saturated heterocycles. The van der Waals surface area contributed by atoms with Gasteiger partial charge in [-0.25, -0.2) is 0 Å². The molecule has 0 spiro atoms. The average molecular weight is 595 g/mol. The Labute approximate surface area is 222 Å². The maximum absolute atomic E-state index is 12.7. The van der Waals surface area contributed by atoms with Gasteiger partial charge in [0.1, 0.15) is 5.37 Å². The van der Waals surface area contributed by atoms with E-state index in [2.05, 4.69) is 15.9 Å². The van der Waals surface area contributed by atoms with Crippen molar-refractivity contribution < 1.29 is 24.1 Å². The lowest BCUT2D eigenvalue weighted by atomic mass is 10.1. The monoisotopic (exact) mass is 593 g/mol. The van der Waals surface area contributed by atoms with Gasteiger partial charge in [0.15, 0.2) is 11.5 Å². The maximum Gasteiger partial charge on any atom is 0.318 e. The molecule has 1 aliphatic rings. The summed E-state index contributed by atoms with van der Waals surface area (Å²) in [6.45, 7) is 2.04. The SMILES string of the molecule is CCOc1cc([C@H]2SCC(=O)N2c2ccc(Cl)cc2)cc(Br)c1Oc1ccc([N+](=O)[O-])cc1[N+](=O)[O-]. The summed E-state index contributed by atoms with van der Waals surface area (Å²) in [4.78, 5) is 35.5. The Balaban J connectivity index is 1.74. The number of amides is 1. The van der Waals surface area contributed by atoms with Crippen LogP contribution in [0, 0.1) is 20.2 Å². The lowest BCUT2D eigenvalue weighted by molar-refractivity contribution is -0.394. The van der Waals surface area contributed by atoms with E-state index >= 15 is 0 Å². The summed E-state index contributed by atoms with van der Waals surface area (Å²) in [6.07, 6.45) is 0. The number of hydrogen-bond acceptors (Lipinski definition) is 8. The molecule has 186 valence electrons. The van der Waals surface area contributed by atoms with Crippen molar-refractivity contribution in [2.75, 3.05) is 17.3 Å². The number of nitro benzene ring substituents is 2. The molecular weight excluding hydrogens is 578 g/mol. The molecular formula is C23H17BrClN3O7S. The summed E-state index contributed by atoms with van der Waals surface area (Å²) < 4.78 is 12.0. The molecule has 36 heavy (non-hydrogen) atoms. The van der Waals surface area contributed by atoms with Gasteiger partial charge < -0.3 is 9.47 Å². The molecule has 0 unspecified atom stereocenters. The Morgan fingerprint density at radius 1 is 1.08 bits per heavy atom. The van der Waals surface area contributed by atoms with Gasteiger partial charge in [-0.05, 0) is 70.9 Å². The molecule has 1 amide bonds. The number of benzene rings is 3. The van der Waals surface area contributed by atoms with Crippen LogP contribution in [0.2, 0.25) is 5.02 Å². The lowest BCUT2D eigenvalue weighted by Gasteiger charge is -2.25. The number of hydrogen-bond donors (Lipinski definition) is 0. The molecule has 4 rings (SSSR count). The van der Waals surface area contributed by atoms with Crippen molar-refractivity contribution in [1.29, 1.82) is 0 Å². The second-order valence-electron chi connectivity index (χ2n) is 7.43. The van der Waals surface area contributed by atoms with Crippen molar-refractivity contribution in [3.8, 4) is 17.2 Å². The summed E-state index contributed by atoms with van der Waals surface area (Å²) in [5.74, 6) is 0.467. The second kappa shape index (κ2) is 10.7. The molecule has 1 aliphatic heterocycles. The van der Waals surface area contributed by atoms with E-state index < -0.39 is 21.2 Å². The first kappa shape index (κ1) is 25.7. The van der Waals surface area contributed by atoms with Gasteiger partial charge in [-0.15, -0.1) is 11.8 Å². The number of carbonyl (C=O) groups is 1. The van der Waals surface area contributed by atoms with Crippen LogP contribution in [0.15, 0.2) is 59.1 Å². The molecule has 13 heteroatoms. The Kier molecular flexibility index (Phi) is 7.67. The van der Waals surface area contributed by atoms with Crippen LogP contribution >= 0.6 is 39.3 Å². The molecule has 3 aromatic rings. The van der Waals surface area contributed by atoms with Gasteiger partial charge in [0.05, 0.1) is 32.7 Å². The summed E-state index contributed by atoms with van der Waals surface area (Å²) in [5, 5.41) is 22.8. The van der Waals surface area contributed by atoms with Gasteiger partial charge in [0.2, 0.25) is 11.7 Å². The largest absolute Gasteiger partial charge is 0.490 e. The minimum absolute atomic E-state index is 0.0664. The van der Waals surface area contributed by atoms with Crippen LogP contribution in [0.25, 0.3) is 0 Å². The normalized spacial score (nSPS) is 15.1. The number of nitrogens with zero attached hydrogens (tertiary/aromatic N) is 3. The van der Waals surface area contributed by atoms with E-state index in [0.29, 0.717) is 15.2 Å². The van der Waals surface area contributed by atoms with Crippen LogP contribution < -0.4 is 14.4 Å². The zero-order valence-electron chi connectivity index (χ0n) is 18.6. The van der Waals surface area contributed by atoms with Crippen LogP contribution in [-0.4, -0.2) is 28.1 Å². The van der Waals surface area contributed by atoms with Gasteiger partial charge >= 0.3 is 5.69 Å². The summed E-state index contributed by atoms with van der Waals surface area (Å²) in [7, 11) is 0. The topological polar surface area (TPSA) is 125 Å². The van der Waals surface area contributed by atoms with Crippen LogP contribution in [0.1, 0.15) is 17.9 Å². The van der Waals surface area contributed by atoms with Crippen molar-refractivity contribution in [3.63, 3.8) is 0 Å². The number of nitro groups is 2. The van der Waals surface area contributed by atoms with Gasteiger partial charge in [-0.3, -0.25) is 29.9 Å². The third-order valence-electron chi connectivity index (χ3n) is 5.15. The number of ether oxygens (including phenoxy) is 2. The van der Waals surface area contributed by atoms with Crippen molar-refractivity contribution in [2.24, 2.45) is 0 Å². The molecule has 0 bridgehead atoms. The molecule has 0 radical (unpaired) electrons. The molecule has 1 heterocycles. The van der Waals surface area contributed by atoms with E-state index in [0.717, 1.165) is 17.7 Å². The number of non-ortho nitro benzene ring substituents is 1. The predicted molar refractivity (Wildman–Crippen MR) is 139 cm³/mol. The first-order chi connectivity index (χ1) is 17.2. The molecule has 0 N–H and O–H groups in total. The van der Waals surface area contributed by atoms with Crippen LogP contribution in [0.5, 0.6) is 17.2 Å². The molecule has 10 nitrogen and oxygen atoms in total. The maximum atomic E-state index is 12.7. The van der Waals surface area contributed by atoms with E-state index in [1.54, 1.807) is 48.2 Å². The summed E-state index contributed by atoms with van der Waals surface area (Å²) in [5.41, 5.74) is 0.434. The fourth-order valence-electron chi connectivity index (χ4n) is 3.60. The van der Waals surface area contributed by atoms with Crippen molar-refractivity contribution in [2.45, 2.75) is 12.3 Å². The number of rotatable bonds is 8. The molecule has 0 aromatic heterocycles. The number of halogens is 2. The Morgan fingerprint density at radius 3 is 2.44 bits per heavy atom. The van der Waals surface area contributed by atoms with Crippen molar-refractivity contribution in [3.05, 3.63) is 89.9 Å². The highest BCUT2D eigenvalue weighted by atomic mass is 79.9. The third-order valence-corrected chi connectivity index (χ3v) is 7.20. The Morgan fingerprint density at radius 2 is 1.81 bits per heavy atom. The van der Waals surface area contributed by atoms with Crippen LogP contribution in [0.4, 0.5) is 17.1 Å². The molecule has 0 aliphatic carbocycles. The highest BCUT2D eigenvalue weighted by molar-refractivity contribution is 9.10. The van der Waals surface area contributed by atoms with Gasteiger partial charge in [0, 0.05) is 16.8 Å². The number of thioether (sulfide) groups is 1. The van der Waals surface area contributed by atoms with E-state index in [4.69, 9.17) is 21.1 Å². The summed E-state index contributed by atoms with van der Waals surface area (Å²) >= 11 is 10.9. The smallest absolute Gasteiger partial charge is 0.318 e. The van der Waals surface area contributed by atoms with Crippen LogP contribution in [-0.2, 0) is 4.79 Å². The van der Waals surface area contributed by atoms with Crippen molar-refractivity contribution in [1.82, 2.24) is 0 Å². The first-order valence-electron chi connectivity index (χ1n) is 10.5. The molecule has 1 atom stereocenters. The first-order valence-corrected chi connectivity index (χ1v) is 12.7. The zero-order chi connectivity index (χ0) is 26.0. The Hall–Kier alpha value is -3.35. The number of carbonyl (C=O) groups excluding carboxylic acids is 1. The standard InChI is InChI=1S/C23H17BrClN3O7S/c1-2-34-20-10-13(23-26(21(29)12-36-23)15-5-3-14(25)4-6-15)9-17(24)22(20)35-19-8-7-16(27(30)31)11-18(19)28(32)33/h3-11,23H,2,12H2,1H3/t23-/m1/s1. The van der Waals surface area contributed by atoms with E-state index in [9.17, 15) is 25.0 Å². The quantitative estimate of drug-likeness (QED) is 0.204. The van der Waals surface area contributed by atoms with Gasteiger partial charge in [-0.1, -0.05) is 11.6 Å². The number of anilines is 1. The van der Waals surface area contributed by atoms with Crippen LogP contribution in [0.3, 0.4) is 0 Å². The fraction of sp³-hybridized carbons (Fsp3) is 0.174. The predicted octanol–water partition coefficient (Wildman–Crippen LogP) is 6.89. The van der Waals surface area contributed by atoms with E-state index in [-0.39, 0.29) is 40.9 Å². The average Bonchev–Trinajstić information content (AvgIpc) is 3.23. The zero-order valence-corrected chi connectivity index (χ0v) is 21.7. The second-order valence-corrected chi connectivity index (χ2v) is 9.79. The minimum atomic E-state index is -0.754. The molecule has 0 saturated carbocycles. The highest BCUT2D eigenvalue weighted by Crippen LogP contribution is 2.48. The lowest BCUT2D eigenvalue weighted by Crippen LogP contribution is -2.27. The summed E-state index contributed by atoms with van der Waals surface area (Å²) in [6, 6.07) is 13.5. The molecule has 1 fully saturated rings. The molecule has 3 aromatic carbocycles. The van der Waals surface area contributed by atoms with E-state index in [1.807, 2.05) is 0 Å². The Bertz CT molecular complexity index is 1360. The van der Waals surface area contributed by atoms with Gasteiger partial charge in [0.25, 0.3) is 5.69 Å². The highest BCUT2D eigenvalue weighted by Gasteiger charge is 2.35. The van der Waals surface area contributed by atoms with E-state index in [1.165, 1.54) is 17.8 Å². The minimum Gasteiger partial charge on any atom is -0.490 e.